The molecule has 0 saturated heterocycles. The van der Waals surface area contributed by atoms with Crippen molar-refractivity contribution >= 4 is 16.9 Å². The summed E-state index contributed by atoms with van der Waals surface area (Å²) < 4.78 is 11.1. The first-order valence-electron chi connectivity index (χ1n) is 10.1. The molecule has 0 aliphatic carbocycles. The maximum absolute atomic E-state index is 12.9. The Kier molecular flexibility index (Phi) is 5.51. The lowest BCUT2D eigenvalue weighted by Crippen LogP contribution is -2.47. The summed E-state index contributed by atoms with van der Waals surface area (Å²) in [6.45, 7) is 4.56. The van der Waals surface area contributed by atoms with Crippen LogP contribution in [-0.4, -0.2) is 17.0 Å². The van der Waals surface area contributed by atoms with Gasteiger partial charge in [-0.1, -0.05) is 41.8 Å². The van der Waals surface area contributed by atoms with Crippen LogP contribution >= 0.6 is 0 Å². The van der Waals surface area contributed by atoms with Gasteiger partial charge in [0, 0.05) is 30.4 Å². The van der Waals surface area contributed by atoms with Crippen molar-refractivity contribution in [1.82, 2.24) is 0 Å². The Morgan fingerprint density at radius 3 is 2.68 bits per heavy atom. The maximum Gasteiger partial charge on any atom is 0.345 e. The number of fused-ring (bicyclic) bond motifs is 3. The van der Waals surface area contributed by atoms with Crippen LogP contribution in [-0.2, 0) is 24.3 Å². The minimum atomic E-state index is -0.434. The van der Waals surface area contributed by atoms with Crippen LogP contribution in [0.1, 0.15) is 30.5 Å². The van der Waals surface area contributed by atoms with Gasteiger partial charge in [-0.2, -0.15) is 0 Å². The molecule has 0 saturated carbocycles. The minimum absolute atomic E-state index is 0.153. The van der Waals surface area contributed by atoms with Gasteiger partial charge in [-0.25, -0.2) is 4.79 Å². The summed E-state index contributed by atoms with van der Waals surface area (Å²) in [4.78, 5) is 24.1. The van der Waals surface area contributed by atoms with Crippen LogP contribution in [0.2, 0.25) is 0 Å². The van der Waals surface area contributed by atoms with E-state index in [-0.39, 0.29) is 5.76 Å². The van der Waals surface area contributed by atoms with E-state index in [9.17, 15) is 14.7 Å². The Bertz CT molecular complexity index is 1260. The first-order chi connectivity index (χ1) is 14.8. The molecule has 31 heavy (non-hydrogen) atoms. The Labute approximate surface area is 179 Å². The molecule has 6 nitrogen and oxygen atoms in total. The molecule has 1 aliphatic rings. The molecule has 1 atom stereocenters. The summed E-state index contributed by atoms with van der Waals surface area (Å²) in [5, 5.41) is 12.4. The highest BCUT2D eigenvalue weighted by Crippen LogP contribution is 2.32. The smallest absolute Gasteiger partial charge is 0.345 e. The number of hydrogen-bond donors (Lipinski definition) is 0. The van der Waals surface area contributed by atoms with E-state index in [1.807, 2.05) is 36.4 Å². The average molecular weight is 417 g/mol. The topological polar surface area (TPSA) is 79.6 Å². The number of rotatable bonds is 4. The summed E-state index contributed by atoms with van der Waals surface area (Å²) in [5.41, 5.74) is 5.47. The zero-order valence-electron chi connectivity index (χ0n) is 17.5. The molecule has 3 aromatic rings. The lowest BCUT2D eigenvalue weighted by molar-refractivity contribution is -0.908. The molecular formula is C25H23NO5. The molecule has 4 rings (SSSR count). The third-order valence-corrected chi connectivity index (χ3v) is 5.52. The lowest BCUT2D eigenvalue weighted by atomic mass is 9.95. The number of hydrogen-bond acceptors (Lipinski definition) is 5. The Balaban J connectivity index is 1.79. The molecule has 2 heterocycles. The van der Waals surface area contributed by atoms with Crippen molar-refractivity contribution < 1.29 is 23.5 Å². The van der Waals surface area contributed by atoms with Crippen LogP contribution in [0, 0.1) is 0 Å². The predicted molar refractivity (Wildman–Crippen MR) is 114 cm³/mol. The highest BCUT2D eigenvalue weighted by atomic mass is 16.5. The molecule has 1 unspecified atom stereocenters. The van der Waals surface area contributed by atoms with E-state index in [1.165, 1.54) is 13.8 Å². The highest BCUT2D eigenvalue weighted by molar-refractivity contribution is 5.83. The lowest BCUT2D eigenvalue weighted by Gasteiger charge is -2.38. The standard InChI is InChI=1S/C25H23NO5/c1-17(27)10-12-26(15-19-6-4-3-5-7-19)13-11-21-22-9-8-20(30-18(2)28)14-24(22)31-25(29)23(21)16-26/h3-9,12,14H,11,13,15-16H2,1-2H3. The maximum atomic E-state index is 12.9. The fourth-order valence-corrected chi connectivity index (χ4v) is 4.15. The first kappa shape index (κ1) is 20.7. The van der Waals surface area contributed by atoms with E-state index in [4.69, 9.17) is 9.15 Å². The molecule has 158 valence electrons. The predicted octanol–water partition coefficient (Wildman–Crippen LogP) is 3.17. The van der Waals surface area contributed by atoms with E-state index in [0.29, 0.717) is 47.4 Å². The normalized spacial score (nSPS) is 17.5. The molecule has 0 bridgehead atoms. The third-order valence-electron chi connectivity index (χ3n) is 5.52. The summed E-state index contributed by atoms with van der Waals surface area (Å²) in [7, 11) is 0. The fraction of sp³-hybridized carbons (Fsp3) is 0.240. The zero-order chi connectivity index (χ0) is 22.0. The Morgan fingerprint density at radius 2 is 1.97 bits per heavy atom. The van der Waals surface area contributed by atoms with Crippen molar-refractivity contribution in [3.05, 3.63) is 93.3 Å². The minimum Gasteiger partial charge on any atom is -0.870 e. The van der Waals surface area contributed by atoms with Crippen LogP contribution in [0.3, 0.4) is 0 Å². The number of carbonyl (C=O) groups excluding carboxylic acids is 1. The van der Waals surface area contributed by atoms with Gasteiger partial charge in [-0.15, -0.1) is 0 Å². The van der Waals surface area contributed by atoms with E-state index in [0.717, 1.165) is 16.5 Å². The number of nitrogens with zero attached hydrogens (tertiary/aromatic N) is 1. The second-order valence-corrected chi connectivity index (χ2v) is 7.92. The van der Waals surface area contributed by atoms with Gasteiger partial charge in [-0.05, 0) is 24.6 Å². The quantitative estimate of drug-likeness (QED) is 0.163. The summed E-state index contributed by atoms with van der Waals surface area (Å²) in [6.07, 6.45) is 2.43. The van der Waals surface area contributed by atoms with Crippen molar-refractivity contribution in [2.75, 3.05) is 6.54 Å². The third kappa shape index (κ3) is 4.45. The number of quaternary nitrogens is 1. The van der Waals surface area contributed by atoms with Gasteiger partial charge in [0.1, 0.15) is 30.6 Å². The van der Waals surface area contributed by atoms with Crippen LogP contribution in [0.25, 0.3) is 11.0 Å². The van der Waals surface area contributed by atoms with Gasteiger partial charge in [0.05, 0.1) is 12.1 Å². The van der Waals surface area contributed by atoms with Crippen molar-refractivity contribution in [3.63, 3.8) is 0 Å². The van der Waals surface area contributed by atoms with Gasteiger partial charge >= 0.3 is 11.6 Å². The summed E-state index contributed by atoms with van der Waals surface area (Å²) >= 11 is 0. The molecule has 0 radical (unpaired) electrons. The van der Waals surface area contributed by atoms with Crippen molar-refractivity contribution in [2.24, 2.45) is 0 Å². The first-order valence-corrected chi connectivity index (χ1v) is 10.1. The monoisotopic (exact) mass is 417 g/mol. The number of esters is 1. The number of allylic oxidation sites excluding steroid dienone is 1. The Hall–Kier alpha value is -3.60. The van der Waals surface area contributed by atoms with Crippen LogP contribution in [0.4, 0.5) is 0 Å². The Morgan fingerprint density at radius 1 is 1.19 bits per heavy atom. The van der Waals surface area contributed by atoms with Gasteiger partial charge in [0.15, 0.2) is 0 Å². The summed E-state index contributed by atoms with van der Waals surface area (Å²) in [6, 6.07) is 15.1. The molecule has 0 amide bonds. The second kappa shape index (κ2) is 8.26. The SMILES string of the molecule is CC(=O)Oc1ccc2c3c(c(=O)oc2c1)C[N+](C=C=C(C)[O-])(Cc1ccccc1)CC3. The molecule has 0 spiro atoms. The molecule has 1 aliphatic heterocycles. The van der Waals surface area contributed by atoms with E-state index in [2.05, 4.69) is 5.73 Å². The van der Waals surface area contributed by atoms with Gasteiger partial charge in [0.25, 0.3) is 0 Å². The number of ether oxygens (including phenoxy) is 1. The molecular weight excluding hydrogens is 394 g/mol. The highest BCUT2D eigenvalue weighted by Gasteiger charge is 2.35. The number of benzene rings is 2. The van der Waals surface area contributed by atoms with E-state index in [1.54, 1.807) is 18.3 Å². The largest absolute Gasteiger partial charge is 0.870 e. The van der Waals surface area contributed by atoms with Crippen LogP contribution in [0.15, 0.2) is 75.4 Å². The summed E-state index contributed by atoms with van der Waals surface area (Å²) in [5.74, 6) is -0.247. The van der Waals surface area contributed by atoms with Crippen molar-refractivity contribution in [1.29, 1.82) is 0 Å². The van der Waals surface area contributed by atoms with E-state index >= 15 is 0 Å². The average Bonchev–Trinajstić information content (AvgIpc) is 2.73. The molecule has 1 aromatic heterocycles. The number of carbonyl (C=O) groups is 1. The van der Waals surface area contributed by atoms with E-state index < -0.39 is 11.6 Å². The zero-order valence-corrected chi connectivity index (χ0v) is 17.5. The second-order valence-electron chi connectivity index (χ2n) is 7.92. The molecule has 0 fully saturated rings. The van der Waals surface area contributed by atoms with Crippen molar-refractivity contribution in [2.45, 2.75) is 33.4 Å². The molecule has 6 heteroatoms. The van der Waals surface area contributed by atoms with Gasteiger partial charge < -0.3 is 14.3 Å². The molecule has 0 N–H and O–H groups in total. The van der Waals surface area contributed by atoms with Crippen molar-refractivity contribution in [3.8, 4) is 5.75 Å². The fourth-order valence-electron chi connectivity index (χ4n) is 4.15. The van der Waals surface area contributed by atoms with Gasteiger partial charge in [-0.3, -0.25) is 9.28 Å². The van der Waals surface area contributed by atoms with Crippen LogP contribution < -0.4 is 15.5 Å². The molecule has 2 aromatic carbocycles. The van der Waals surface area contributed by atoms with Gasteiger partial charge in [0.2, 0.25) is 0 Å². The van der Waals surface area contributed by atoms with Crippen LogP contribution in [0.5, 0.6) is 5.75 Å².